The van der Waals surface area contributed by atoms with Gasteiger partial charge in [-0.1, -0.05) is 48.0 Å². The van der Waals surface area contributed by atoms with Crippen LogP contribution >= 0.6 is 11.6 Å². The lowest BCUT2D eigenvalue weighted by Gasteiger charge is -2.13. The van der Waals surface area contributed by atoms with Gasteiger partial charge < -0.3 is 5.73 Å². The Balaban J connectivity index is 1.98. The lowest BCUT2D eigenvalue weighted by molar-refractivity contribution is 0.831. The summed E-state index contributed by atoms with van der Waals surface area (Å²) in [7, 11) is 0. The fourth-order valence-electron chi connectivity index (χ4n) is 3.23. The van der Waals surface area contributed by atoms with E-state index in [0.29, 0.717) is 11.0 Å². The smallest absolute Gasteiger partial charge is 0.221 e. The van der Waals surface area contributed by atoms with E-state index in [9.17, 15) is 0 Å². The van der Waals surface area contributed by atoms with Crippen molar-refractivity contribution in [1.29, 1.82) is 0 Å². The molecule has 23 heavy (non-hydrogen) atoms. The second-order valence-corrected chi connectivity index (χ2v) is 6.21. The van der Waals surface area contributed by atoms with E-state index in [1.54, 1.807) is 0 Å². The molecule has 1 aliphatic rings. The number of halogens is 1. The topological polar surface area (TPSA) is 51.8 Å². The number of anilines is 1. The van der Waals surface area contributed by atoms with E-state index in [1.165, 1.54) is 16.7 Å². The molecule has 0 saturated heterocycles. The second kappa shape index (κ2) is 5.67. The number of benzene rings is 2. The molecule has 114 valence electrons. The van der Waals surface area contributed by atoms with E-state index >= 15 is 0 Å². The summed E-state index contributed by atoms with van der Waals surface area (Å²) in [5.74, 6) is 0.311. The van der Waals surface area contributed by atoms with Gasteiger partial charge in [-0.2, -0.15) is 0 Å². The Bertz CT molecular complexity index is 872. The van der Waals surface area contributed by atoms with E-state index in [2.05, 4.69) is 28.2 Å². The van der Waals surface area contributed by atoms with Gasteiger partial charge in [0.1, 0.15) is 0 Å². The molecular weight excluding hydrogens is 306 g/mol. The molecule has 3 nitrogen and oxygen atoms in total. The largest absolute Gasteiger partial charge is 0.368 e. The molecule has 0 saturated carbocycles. The highest BCUT2D eigenvalue weighted by molar-refractivity contribution is 6.30. The van der Waals surface area contributed by atoms with Crippen LogP contribution in [0.5, 0.6) is 0 Å². The Morgan fingerprint density at radius 1 is 0.870 bits per heavy atom. The van der Waals surface area contributed by atoms with Gasteiger partial charge in [-0.25, -0.2) is 9.97 Å². The van der Waals surface area contributed by atoms with Crippen molar-refractivity contribution in [3.63, 3.8) is 0 Å². The zero-order valence-electron chi connectivity index (χ0n) is 12.6. The first-order valence-corrected chi connectivity index (χ1v) is 8.11. The molecular formula is C19H16ClN3. The third kappa shape index (κ3) is 2.57. The van der Waals surface area contributed by atoms with Crippen molar-refractivity contribution in [3.8, 4) is 22.5 Å². The van der Waals surface area contributed by atoms with Crippen molar-refractivity contribution in [1.82, 2.24) is 9.97 Å². The summed E-state index contributed by atoms with van der Waals surface area (Å²) in [5, 5.41) is 0.715. The van der Waals surface area contributed by atoms with Crippen molar-refractivity contribution >= 4 is 17.5 Å². The fraction of sp³-hybridized carbons (Fsp3) is 0.158. The molecule has 0 aliphatic heterocycles. The standard InChI is InChI=1S/C19H16ClN3/c20-14-10-8-13(9-11-14)17-16-7-3-5-12-4-1-2-6-15(12)18(16)23-19(21)22-17/h1-2,4,6,8-11H,3,5,7H2,(H2,21,22,23). The van der Waals surface area contributed by atoms with Crippen molar-refractivity contribution in [3.05, 3.63) is 64.7 Å². The molecule has 4 rings (SSSR count). The number of fused-ring (bicyclic) bond motifs is 3. The van der Waals surface area contributed by atoms with Gasteiger partial charge in [0, 0.05) is 21.7 Å². The average molecular weight is 322 g/mol. The Kier molecular flexibility index (Phi) is 3.50. The maximum atomic E-state index is 6.01. The molecule has 0 unspecified atom stereocenters. The molecule has 2 aromatic carbocycles. The van der Waals surface area contributed by atoms with Crippen LogP contribution in [0, 0.1) is 0 Å². The maximum absolute atomic E-state index is 6.01. The molecule has 3 aromatic rings. The predicted molar refractivity (Wildman–Crippen MR) is 94.4 cm³/mol. The minimum absolute atomic E-state index is 0.311. The highest BCUT2D eigenvalue weighted by Gasteiger charge is 2.20. The van der Waals surface area contributed by atoms with Gasteiger partial charge in [-0.05, 0) is 37.0 Å². The van der Waals surface area contributed by atoms with Crippen LogP contribution in [0.3, 0.4) is 0 Å². The van der Waals surface area contributed by atoms with Crippen molar-refractivity contribution < 1.29 is 0 Å². The summed E-state index contributed by atoms with van der Waals surface area (Å²) in [6.07, 6.45) is 3.08. The molecule has 1 heterocycles. The van der Waals surface area contributed by atoms with Gasteiger partial charge in [0.25, 0.3) is 0 Å². The number of nitrogens with two attached hydrogens (primary N) is 1. The first kappa shape index (κ1) is 14.2. The quantitative estimate of drug-likeness (QED) is 0.716. The number of rotatable bonds is 1. The van der Waals surface area contributed by atoms with Crippen molar-refractivity contribution in [2.75, 3.05) is 5.73 Å². The molecule has 0 fully saturated rings. The van der Waals surface area contributed by atoms with Gasteiger partial charge >= 0.3 is 0 Å². The highest BCUT2D eigenvalue weighted by Crippen LogP contribution is 2.36. The van der Waals surface area contributed by atoms with E-state index in [1.807, 2.05) is 30.3 Å². The predicted octanol–water partition coefficient (Wildman–Crippen LogP) is 4.53. The number of hydrogen-bond donors (Lipinski definition) is 1. The zero-order valence-corrected chi connectivity index (χ0v) is 13.3. The number of aromatic nitrogens is 2. The van der Waals surface area contributed by atoms with E-state index in [4.69, 9.17) is 17.3 Å². The SMILES string of the molecule is Nc1nc(-c2ccc(Cl)cc2)c2c(n1)-c1ccccc1CCC2. The monoisotopic (exact) mass is 321 g/mol. The fourth-order valence-corrected chi connectivity index (χ4v) is 3.36. The Labute approximate surface area is 140 Å². The van der Waals surface area contributed by atoms with Crippen LogP contribution in [-0.4, -0.2) is 9.97 Å². The Hall–Kier alpha value is -2.39. The lowest BCUT2D eigenvalue weighted by Crippen LogP contribution is -2.04. The van der Waals surface area contributed by atoms with E-state index in [-0.39, 0.29) is 0 Å². The Morgan fingerprint density at radius 3 is 2.43 bits per heavy atom. The zero-order chi connectivity index (χ0) is 15.8. The molecule has 0 bridgehead atoms. The van der Waals surface area contributed by atoms with E-state index < -0.39 is 0 Å². The van der Waals surface area contributed by atoms with Crippen LogP contribution in [0.1, 0.15) is 17.5 Å². The first-order chi connectivity index (χ1) is 11.2. The molecule has 0 spiro atoms. The highest BCUT2D eigenvalue weighted by atomic mass is 35.5. The summed E-state index contributed by atoms with van der Waals surface area (Å²) in [6.45, 7) is 0. The molecule has 0 atom stereocenters. The molecule has 4 heteroatoms. The first-order valence-electron chi connectivity index (χ1n) is 7.73. The average Bonchev–Trinajstić information content (AvgIpc) is 2.75. The van der Waals surface area contributed by atoms with Crippen molar-refractivity contribution in [2.24, 2.45) is 0 Å². The Morgan fingerprint density at radius 2 is 1.61 bits per heavy atom. The number of hydrogen-bond acceptors (Lipinski definition) is 3. The summed E-state index contributed by atoms with van der Waals surface area (Å²) in [4.78, 5) is 9.08. The van der Waals surface area contributed by atoms with Gasteiger partial charge in [0.15, 0.2) is 0 Å². The van der Waals surface area contributed by atoms with Gasteiger partial charge in [0.05, 0.1) is 11.4 Å². The molecule has 0 amide bonds. The van der Waals surface area contributed by atoms with Gasteiger partial charge in [-0.3, -0.25) is 0 Å². The van der Waals surface area contributed by atoms with Crippen LogP contribution in [0.15, 0.2) is 48.5 Å². The third-order valence-corrected chi connectivity index (χ3v) is 4.54. The van der Waals surface area contributed by atoms with Crippen LogP contribution in [-0.2, 0) is 12.8 Å². The number of aryl methyl sites for hydroxylation is 1. The van der Waals surface area contributed by atoms with Crippen LogP contribution < -0.4 is 5.73 Å². The van der Waals surface area contributed by atoms with Crippen LogP contribution in [0.25, 0.3) is 22.5 Å². The van der Waals surface area contributed by atoms with E-state index in [0.717, 1.165) is 36.2 Å². The summed E-state index contributed by atoms with van der Waals surface area (Å²) < 4.78 is 0. The van der Waals surface area contributed by atoms with Crippen LogP contribution in [0.4, 0.5) is 5.95 Å². The third-order valence-electron chi connectivity index (χ3n) is 4.29. The van der Waals surface area contributed by atoms with Crippen molar-refractivity contribution in [2.45, 2.75) is 19.3 Å². The van der Waals surface area contributed by atoms with Crippen LogP contribution in [0.2, 0.25) is 5.02 Å². The summed E-state index contributed by atoms with van der Waals surface area (Å²) in [5.41, 5.74) is 12.6. The molecule has 1 aliphatic carbocycles. The molecule has 0 radical (unpaired) electrons. The summed E-state index contributed by atoms with van der Waals surface area (Å²) in [6, 6.07) is 16.2. The normalized spacial score (nSPS) is 13.1. The molecule has 1 aromatic heterocycles. The lowest BCUT2D eigenvalue weighted by atomic mass is 9.98. The number of nitrogen functional groups attached to an aromatic ring is 1. The van der Waals surface area contributed by atoms with Gasteiger partial charge in [0.2, 0.25) is 5.95 Å². The minimum atomic E-state index is 0.311. The molecule has 2 N–H and O–H groups in total. The van der Waals surface area contributed by atoms with Gasteiger partial charge in [-0.15, -0.1) is 0 Å². The second-order valence-electron chi connectivity index (χ2n) is 5.78. The minimum Gasteiger partial charge on any atom is -0.368 e. The number of nitrogens with zero attached hydrogens (tertiary/aromatic N) is 2. The summed E-state index contributed by atoms with van der Waals surface area (Å²) >= 11 is 6.01. The maximum Gasteiger partial charge on any atom is 0.221 e.